The predicted molar refractivity (Wildman–Crippen MR) is 64.5 cm³/mol. The molecule has 2 rings (SSSR count). The van der Waals surface area contributed by atoms with E-state index in [1.807, 2.05) is 10.7 Å². The van der Waals surface area contributed by atoms with Gasteiger partial charge < -0.3 is 5.73 Å². The lowest BCUT2D eigenvalue weighted by Crippen LogP contribution is -2.04. The molecule has 0 unspecified atom stereocenters. The van der Waals surface area contributed by atoms with Gasteiger partial charge in [-0.3, -0.25) is 0 Å². The third kappa shape index (κ3) is 1.91. The van der Waals surface area contributed by atoms with E-state index in [0.29, 0.717) is 5.69 Å². The molecule has 0 saturated heterocycles. The summed E-state index contributed by atoms with van der Waals surface area (Å²) >= 11 is 0. The highest BCUT2D eigenvalue weighted by Crippen LogP contribution is 2.13. The standard InChI is InChI=1S/C12H16N4/c1-3-10-8-11(4-2)16(15-10)12-7-9(13)5-6-14-12/h5-8H,3-4H2,1-2H3,(H2,13,14). The summed E-state index contributed by atoms with van der Waals surface area (Å²) in [5.41, 5.74) is 8.70. The summed E-state index contributed by atoms with van der Waals surface area (Å²) in [7, 11) is 0. The summed E-state index contributed by atoms with van der Waals surface area (Å²) < 4.78 is 1.87. The van der Waals surface area contributed by atoms with Gasteiger partial charge in [0.1, 0.15) is 0 Å². The average Bonchev–Trinajstić information content (AvgIpc) is 2.72. The van der Waals surface area contributed by atoms with Crippen LogP contribution in [0.5, 0.6) is 0 Å². The van der Waals surface area contributed by atoms with Gasteiger partial charge in [0.25, 0.3) is 0 Å². The number of aromatic nitrogens is 3. The van der Waals surface area contributed by atoms with Crippen molar-refractivity contribution >= 4 is 5.69 Å². The second-order valence-corrected chi connectivity index (χ2v) is 3.69. The lowest BCUT2D eigenvalue weighted by atomic mass is 10.2. The first kappa shape index (κ1) is 10.7. The van der Waals surface area contributed by atoms with Gasteiger partial charge in [-0.15, -0.1) is 0 Å². The maximum atomic E-state index is 5.75. The highest BCUT2D eigenvalue weighted by atomic mass is 15.3. The number of anilines is 1. The van der Waals surface area contributed by atoms with Crippen LogP contribution in [0.3, 0.4) is 0 Å². The SMILES string of the molecule is CCc1cc(CC)n(-c2cc(N)ccn2)n1. The molecule has 0 saturated carbocycles. The van der Waals surface area contributed by atoms with Crippen LogP contribution in [0, 0.1) is 0 Å². The van der Waals surface area contributed by atoms with Crippen molar-refractivity contribution < 1.29 is 0 Å². The highest BCUT2D eigenvalue weighted by molar-refractivity contribution is 5.43. The smallest absolute Gasteiger partial charge is 0.155 e. The van der Waals surface area contributed by atoms with E-state index in [1.165, 1.54) is 0 Å². The molecule has 2 aromatic rings. The first-order valence-corrected chi connectivity index (χ1v) is 5.54. The maximum Gasteiger partial charge on any atom is 0.155 e. The van der Waals surface area contributed by atoms with Crippen LogP contribution in [0.1, 0.15) is 25.2 Å². The van der Waals surface area contributed by atoms with Gasteiger partial charge in [0.15, 0.2) is 5.82 Å². The predicted octanol–water partition coefficient (Wildman–Crippen LogP) is 1.97. The largest absolute Gasteiger partial charge is 0.399 e. The van der Waals surface area contributed by atoms with E-state index in [2.05, 4.69) is 30.0 Å². The molecular formula is C12H16N4. The number of nitrogens with two attached hydrogens (primary N) is 1. The van der Waals surface area contributed by atoms with E-state index in [1.54, 1.807) is 12.3 Å². The molecule has 4 heteroatoms. The van der Waals surface area contributed by atoms with E-state index >= 15 is 0 Å². The number of aryl methyl sites for hydroxylation is 2. The molecular weight excluding hydrogens is 200 g/mol. The van der Waals surface area contributed by atoms with Crippen LogP contribution in [-0.2, 0) is 12.8 Å². The minimum absolute atomic E-state index is 0.709. The molecule has 0 aliphatic rings. The number of nitrogen functional groups attached to an aromatic ring is 1. The third-order valence-electron chi connectivity index (χ3n) is 2.54. The number of nitrogens with zero attached hydrogens (tertiary/aromatic N) is 3. The average molecular weight is 216 g/mol. The monoisotopic (exact) mass is 216 g/mol. The van der Waals surface area contributed by atoms with Crippen LogP contribution in [0.4, 0.5) is 5.69 Å². The Morgan fingerprint density at radius 1 is 1.25 bits per heavy atom. The summed E-state index contributed by atoms with van der Waals surface area (Å²) in [5.74, 6) is 0.788. The number of hydrogen-bond donors (Lipinski definition) is 1. The van der Waals surface area contributed by atoms with Crippen LogP contribution in [-0.4, -0.2) is 14.8 Å². The third-order valence-corrected chi connectivity index (χ3v) is 2.54. The summed E-state index contributed by atoms with van der Waals surface area (Å²) in [6, 6.07) is 5.73. The summed E-state index contributed by atoms with van der Waals surface area (Å²) in [5, 5.41) is 4.51. The summed E-state index contributed by atoms with van der Waals surface area (Å²) in [4.78, 5) is 4.29. The molecule has 0 radical (unpaired) electrons. The van der Waals surface area contributed by atoms with Gasteiger partial charge in [0.05, 0.1) is 5.69 Å². The molecule has 2 heterocycles. The molecule has 84 valence electrons. The van der Waals surface area contributed by atoms with Crippen LogP contribution in [0.25, 0.3) is 5.82 Å². The van der Waals surface area contributed by atoms with Gasteiger partial charge in [0, 0.05) is 23.6 Å². The van der Waals surface area contributed by atoms with Crippen molar-refractivity contribution in [1.29, 1.82) is 0 Å². The van der Waals surface area contributed by atoms with E-state index in [4.69, 9.17) is 5.73 Å². The van der Waals surface area contributed by atoms with Gasteiger partial charge in [-0.05, 0) is 25.0 Å². The Labute approximate surface area is 95.1 Å². The topological polar surface area (TPSA) is 56.7 Å². The second kappa shape index (κ2) is 4.35. The second-order valence-electron chi connectivity index (χ2n) is 3.69. The van der Waals surface area contributed by atoms with Gasteiger partial charge in [-0.25, -0.2) is 9.67 Å². The van der Waals surface area contributed by atoms with Crippen molar-refractivity contribution in [1.82, 2.24) is 14.8 Å². The minimum Gasteiger partial charge on any atom is -0.399 e. The Morgan fingerprint density at radius 3 is 2.69 bits per heavy atom. The summed E-state index contributed by atoms with van der Waals surface area (Å²) in [6.45, 7) is 4.21. The minimum atomic E-state index is 0.709. The fraction of sp³-hybridized carbons (Fsp3) is 0.333. The first-order chi connectivity index (χ1) is 7.74. The van der Waals surface area contributed by atoms with Crippen LogP contribution >= 0.6 is 0 Å². The number of hydrogen-bond acceptors (Lipinski definition) is 3. The number of pyridine rings is 1. The van der Waals surface area contributed by atoms with Crippen molar-refractivity contribution in [2.24, 2.45) is 0 Å². The molecule has 0 bridgehead atoms. The summed E-state index contributed by atoms with van der Waals surface area (Å²) in [6.07, 6.45) is 3.57. The maximum absolute atomic E-state index is 5.75. The van der Waals surface area contributed by atoms with E-state index in [0.717, 1.165) is 30.0 Å². The molecule has 0 aliphatic carbocycles. The van der Waals surface area contributed by atoms with E-state index in [9.17, 15) is 0 Å². The lowest BCUT2D eigenvalue weighted by Gasteiger charge is -2.04. The Kier molecular flexibility index (Phi) is 2.90. The van der Waals surface area contributed by atoms with Crippen LogP contribution in [0.15, 0.2) is 24.4 Å². The fourth-order valence-electron chi connectivity index (χ4n) is 1.65. The molecule has 0 aromatic carbocycles. The molecule has 0 atom stereocenters. The Hall–Kier alpha value is -1.84. The molecule has 0 spiro atoms. The molecule has 16 heavy (non-hydrogen) atoms. The van der Waals surface area contributed by atoms with Gasteiger partial charge >= 0.3 is 0 Å². The molecule has 0 fully saturated rings. The Bertz CT molecular complexity index is 488. The molecule has 2 N–H and O–H groups in total. The van der Waals surface area contributed by atoms with E-state index < -0.39 is 0 Å². The van der Waals surface area contributed by atoms with Crippen LogP contribution < -0.4 is 5.73 Å². The Morgan fingerprint density at radius 2 is 2.06 bits per heavy atom. The van der Waals surface area contributed by atoms with Crippen molar-refractivity contribution in [3.8, 4) is 5.82 Å². The molecule has 4 nitrogen and oxygen atoms in total. The first-order valence-electron chi connectivity index (χ1n) is 5.54. The highest BCUT2D eigenvalue weighted by Gasteiger charge is 2.08. The zero-order valence-electron chi connectivity index (χ0n) is 9.64. The number of rotatable bonds is 3. The van der Waals surface area contributed by atoms with Crippen molar-refractivity contribution in [2.45, 2.75) is 26.7 Å². The quantitative estimate of drug-likeness (QED) is 0.853. The van der Waals surface area contributed by atoms with Crippen molar-refractivity contribution in [3.63, 3.8) is 0 Å². The molecule has 0 amide bonds. The van der Waals surface area contributed by atoms with Crippen molar-refractivity contribution in [3.05, 3.63) is 35.8 Å². The molecule has 0 aliphatic heterocycles. The van der Waals surface area contributed by atoms with Crippen LogP contribution in [0.2, 0.25) is 0 Å². The zero-order valence-corrected chi connectivity index (χ0v) is 9.64. The van der Waals surface area contributed by atoms with Gasteiger partial charge in [-0.2, -0.15) is 5.10 Å². The fourth-order valence-corrected chi connectivity index (χ4v) is 1.65. The lowest BCUT2D eigenvalue weighted by molar-refractivity contribution is 0.773. The van der Waals surface area contributed by atoms with E-state index in [-0.39, 0.29) is 0 Å². The van der Waals surface area contributed by atoms with Gasteiger partial charge in [0.2, 0.25) is 0 Å². The normalized spacial score (nSPS) is 10.6. The molecule has 2 aromatic heterocycles. The Balaban J connectivity index is 2.50. The zero-order chi connectivity index (χ0) is 11.5. The van der Waals surface area contributed by atoms with Crippen molar-refractivity contribution in [2.75, 3.05) is 5.73 Å². The van der Waals surface area contributed by atoms with Gasteiger partial charge in [-0.1, -0.05) is 13.8 Å².